The number of carbonyl (C=O) groups excluding carboxylic acids is 1. The van der Waals surface area contributed by atoms with Crippen LogP contribution in [0.15, 0.2) is 47.1 Å². The first-order valence-electron chi connectivity index (χ1n) is 11.6. The number of rotatable bonds is 7. The minimum atomic E-state index is -0.921. The molecule has 36 heavy (non-hydrogen) atoms. The maximum absolute atomic E-state index is 15.0. The van der Waals surface area contributed by atoms with E-state index in [1.54, 1.807) is 25.4 Å². The lowest BCUT2D eigenvalue weighted by Crippen LogP contribution is -2.31. The Labute approximate surface area is 216 Å². The highest BCUT2D eigenvalue weighted by molar-refractivity contribution is 9.10. The van der Waals surface area contributed by atoms with E-state index in [4.69, 9.17) is 10.5 Å². The van der Waals surface area contributed by atoms with E-state index >= 15 is 4.39 Å². The molecule has 4 rings (SSSR count). The van der Waals surface area contributed by atoms with Crippen molar-refractivity contribution in [3.8, 4) is 11.3 Å². The molecule has 1 aliphatic carbocycles. The van der Waals surface area contributed by atoms with Crippen molar-refractivity contribution in [1.29, 1.82) is 0 Å². The first-order chi connectivity index (χ1) is 17.3. The van der Waals surface area contributed by atoms with Gasteiger partial charge in [-0.15, -0.1) is 0 Å². The van der Waals surface area contributed by atoms with Crippen LogP contribution in [0.1, 0.15) is 59.3 Å². The van der Waals surface area contributed by atoms with Gasteiger partial charge < -0.3 is 20.9 Å². The summed E-state index contributed by atoms with van der Waals surface area (Å²) in [5.41, 5.74) is 7.71. The Hall–Kier alpha value is -2.95. The number of amides is 1. The van der Waals surface area contributed by atoms with E-state index in [2.05, 4.69) is 31.2 Å². The number of anilines is 1. The van der Waals surface area contributed by atoms with Crippen molar-refractivity contribution in [2.75, 3.05) is 19.5 Å². The summed E-state index contributed by atoms with van der Waals surface area (Å²) in [5, 5.41) is 12.3. The van der Waals surface area contributed by atoms with Crippen molar-refractivity contribution in [3.05, 3.63) is 75.5 Å². The molecule has 1 heterocycles. The smallest absolute Gasteiger partial charge is 0.254 e. The van der Waals surface area contributed by atoms with Crippen molar-refractivity contribution in [1.82, 2.24) is 15.3 Å². The lowest BCUT2D eigenvalue weighted by molar-refractivity contribution is 0.0655. The minimum Gasteiger partial charge on any atom is -0.394 e. The van der Waals surface area contributed by atoms with Gasteiger partial charge in [-0.05, 0) is 61.6 Å². The average Bonchev–Trinajstić information content (AvgIpc) is 2.86. The van der Waals surface area contributed by atoms with Gasteiger partial charge in [-0.1, -0.05) is 22.0 Å². The molecule has 1 atom stereocenters. The van der Waals surface area contributed by atoms with Crippen molar-refractivity contribution in [3.63, 3.8) is 0 Å². The number of hydrogen-bond donors (Lipinski definition) is 3. The van der Waals surface area contributed by atoms with Crippen LogP contribution in [-0.4, -0.2) is 40.8 Å². The molecule has 3 aromatic rings. The van der Waals surface area contributed by atoms with Crippen LogP contribution in [0.3, 0.4) is 0 Å². The van der Waals surface area contributed by atoms with E-state index in [9.17, 15) is 14.3 Å². The Bertz CT molecular complexity index is 1230. The fraction of sp³-hybridized carbons (Fsp3) is 0.346. The van der Waals surface area contributed by atoms with Gasteiger partial charge in [0.1, 0.15) is 23.1 Å². The van der Waals surface area contributed by atoms with E-state index in [-0.39, 0.29) is 23.4 Å². The first kappa shape index (κ1) is 26.1. The lowest BCUT2D eigenvalue weighted by Gasteiger charge is -2.27. The van der Waals surface area contributed by atoms with E-state index < -0.39 is 30.2 Å². The van der Waals surface area contributed by atoms with Crippen molar-refractivity contribution in [2.24, 2.45) is 0 Å². The van der Waals surface area contributed by atoms with Crippen LogP contribution in [0.5, 0.6) is 0 Å². The highest BCUT2D eigenvalue weighted by atomic mass is 79.9. The number of benzene rings is 2. The molecule has 0 aliphatic heterocycles. The number of aromatic nitrogens is 2. The Kier molecular flexibility index (Phi) is 8.28. The maximum atomic E-state index is 15.0. The predicted molar refractivity (Wildman–Crippen MR) is 135 cm³/mol. The molecule has 190 valence electrons. The summed E-state index contributed by atoms with van der Waals surface area (Å²) in [6.45, 7) is -0.494. The number of nitrogens with one attached hydrogen (secondary N) is 1. The Balaban J connectivity index is 1.54. The number of halogens is 3. The molecule has 1 aromatic heterocycles. The number of ether oxygens (including phenoxy) is 1. The molecular formula is C26H27BrF2N4O3. The quantitative estimate of drug-likeness (QED) is 0.379. The summed E-state index contributed by atoms with van der Waals surface area (Å²) in [6, 6.07) is 7.17. The Morgan fingerprint density at radius 3 is 2.61 bits per heavy atom. The predicted octanol–water partition coefficient (Wildman–Crippen LogP) is 4.90. The fourth-order valence-corrected chi connectivity index (χ4v) is 4.99. The van der Waals surface area contributed by atoms with Crippen LogP contribution < -0.4 is 11.1 Å². The molecule has 0 spiro atoms. The molecule has 1 fully saturated rings. The number of nitrogen functional groups attached to an aromatic ring is 1. The minimum absolute atomic E-state index is 0.165. The highest BCUT2D eigenvalue weighted by Crippen LogP contribution is 2.34. The van der Waals surface area contributed by atoms with Gasteiger partial charge in [0, 0.05) is 23.1 Å². The molecule has 0 unspecified atom stereocenters. The summed E-state index contributed by atoms with van der Waals surface area (Å²) in [5.74, 6) is -1.68. The van der Waals surface area contributed by atoms with E-state index in [1.807, 2.05) is 0 Å². The van der Waals surface area contributed by atoms with Crippen LogP contribution in [0.2, 0.25) is 0 Å². The van der Waals surface area contributed by atoms with Crippen molar-refractivity contribution in [2.45, 2.75) is 43.7 Å². The second-order valence-electron chi connectivity index (χ2n) is 8.84. The fourth-order valence-electron chi connectivity index (χ4n) is 4.51. The second kappa shape index (κ2) is 11.4. The largest absolute Gasteiger partial charge is 0.394 e. The Morgan fingerprint density at radius 2 is 1.97 bits per heavy atom. The molecule has 0 saturated heterocycles. The molecule has 0 bridgehead atoms. The van der Waals surface area contributed by atoms with Gasteiger partial charge in [0.05, 0.1) is 36.2 Å². The zero-order chi connectivity index (χ0) is 25.8. The van der Waals surface area contributed by atoms with Gasteiger partial charge in [0.2, 0.25) is 0 Å². The van der Waals surface area contributed by atoms with Crippen LogP contribution in [-0.2, 0) is 4.74 Å². The summed E-state index contributed by atoms with van der Waals surface area (Å²) < 4.78 is 34.7. The van der Waals surface area contributed by atoms with E-state index in [1.165, 1.54) is 24.3 Å². The average molecular weight is 561 g/mol. The monoisotopic (exact) mass is 560 g/mol. The van der Waals surface area contributed by atoms with E-state index in [0.717, 1.165) is 31.4 Å². The number of hydrogen-bond acceptors (Lipinski definition) is 6. The van der Waals surface area contributed by atoms with Gasteiger partial charge >= 0.3 is 0 Å². The molecule has 0 radical (unpaired) electrons. The summed E-state index contributed by atoms with van der Waals surface area (Å²) in [6.07, 6.45) is 5.61. The maximum Gasteiger partial charge on any atom is 0.254 e. The van der Waals surface area contributed by atoms with Crippen LogP contribution >= 0.6 is 15.9 Å². The second-order valence-corrected chi connectivity index (χ2v) is 9.76. The zero-order valence-corrected chi connectivity index (χ0v) is 21.3. The van der Waals surface area contributed by atoms with Crippen LogP contribution in [0.25, 0.3) is 11.3 Å². The van der Waals surface area contributed by atoms with Crippen molar-refractivity contribution >= 4 is 27.7 Å². The highest BCUT2D eigenvalue weighted by Gasteiger charge is 2.25. The number of carbonyl (C=O) groups is 1. The topological polar surface area (TPSA) is 110 Å². The summed E-state index contributed by atoms with van der Waals surface area (Å²) in [4.78, 5) is 21.7. The summed E-state index contributed by atoms with van der Waals surface area (Å²) >= 11 is 3.18. The lowest BCUT2D eigenvalue weighted by atomic mass is 9.85. The third kappa shape index (κ3) is 5.88. The number of nitrogens with zero attached hydrogens (tertiary/aromatic N) is 2. The van der Waals surface area contributed by atoms with Gasteiger partial charge in [0.25, 0.3) is 5.91 Å². The van der Waals surface area contributed by atoms with Gasteiger partial charge in [-0.3, -0.25) is 4.79 Å². The number of aliphatic hydroxyl groups excluding tert-OH is 1. The normalized spacial score (nSPS) is 18.6. The molecule has 10 heteroatoms. The molecule has 7 nitrogen and oxygen atoms in total. The molecule has 2 aromatic carbocycles. The Morgan fingerprint density at radius 1 is 1.22 bits per heavy atom. The van der Waals surface area contributed by atoms with Gasteiger partial charge in [0.15, 0.2) is 0 Å². The SMILES string of the molecule is COC1CCC(c2cnc(N)c(-c3ccc(C(=O)N[C@H](CO)c4cc(F)cc(Br)c4)c(F)c3)n2)CC1. The van der Waals surface area contributed by atoms with Gasteiger partial charge in [-0.2, -0.15) is 0 Å². The van der Waals surface area contributed by atoms with Crippen molar-refractivity contribution < 1.29 is 23.4 Å². The summed E-state index contributed by atoms with van der Waals surface area (Å²) in [7, 11) is 1.72. The third-order valence-electron chi connectivity index (χ3n) is 6.51. The molecule has 1 saturated carbocycles. The molecule has 4 N–H and O–H groups in total. The standard InChI is InChI=1S/C26H27BrF2N4O3/c1-36-19-5-2-14(3-6-19)22-12-31-25(30)24(32-22)15-4-7-20(21(29)10-15)26(35)33-23(13-34)16-8-17(27)11-18(28)9-16/h4,7-12,14,19,23,34H,2-3,5-6,13H2,1H3,(H2,30,31)(H,33,35)/t14?,19?,23-/m1/s1. The van der Waals surface area contributed by atoms with E-state index in [0.29, 0.717) is 21.3 Å². The number of methoxy groups -OCH3 is 1. The van der Waals surface area contributed by atoms with Crippen LogP contribution in [0.4, 0.5) is 14.6 Å². The third-order valence-corrected chi connectivity index (χ3v) is 6.97. The molecule has 1 aliphatic rings. The zero-order valence-electron chi connectivity index (χ0n) is 19.7. The molecule has 1 amide bonds. The molecular weight excluding hydrogens is 534 g/mol. The van der Waals surface area contributed by atoms with Crippen LogP contribution in [0, 0.1) is 11.6 Å². The van der Waals surface area contributed by atoms with Gasteiger partial charge in [-0.25, -0.2) is 18.7 Å². The number of nitrogens with two attached hydrogens (primary N) is 1. The first-order valence-corrected chi connectivity index (χ1v) is 12.4. The number of aliphatic hydroxyl groups is 1.